The Labute approximate surface area is 261 Å². The van der Waals surface area contributed by atoms with Crippen LogP contribution in [0, 0.1) is 0 Å². The van der Waals surface area contributed by atoms with Crippen molar-refractivity contribution in [2.24, 2.45) is 0 Å². The number of aliphatic hydroxyl groups is 1. The molecule has 3 N–H and O–H groups in total. The number of hydrogen-bond acceptors (Lipinski definition) is 10. The minimum absolute atomic E-state index is 0.0870. The lowest BCUT2D eigenvalue weighted by Crippen LogP contribution is -2.44. The number of aliphatic hydroxyl groups excluding tert-OH is 1. The molecule has 0 spiro atoms. The first-order chi connectivity index (χ1) is 20.5. The molecule has 0 unspecified atom stereocenters. The molecule has 0 aromatic heterocycles. The van der Waals surface area contributed by atoms with Gasteiger partial charge in [-0.25, -0.2) is 9.59 Å². The fourth-order valence-electron chi connectivity index (χ4n) is 3.21. The molecule has 0 aliphatic rings. The molecule has 0 saturated carbocycles. The van der Waals surface area contributed by atoms with E-state index in [1.54, 1.807) is 41.5 Å². The van der Waals surface area contributed by atoms with Gasteiger partial charge < -0.3 is 34.7 Å². The molecule has 2 aromatic carbocycles. The minimum atomic E-state index is -3.61. The van der Waals surface area contributed by atoms with E-state index in [0.717, 1.165) is 17.4 Å². The zero-order chi connectivity index (χ0) is 33.2. The summed E-state index contributed by atoms with van der Waals surface area (Å²) in [6.07, 6.45) is -0.268. The number of hydrogen-bond donors (Lipinski definition) is 3. The van der Waals surface area contributed by atoms with Crippen LogP contribution in [0.4, 0.5) is 9.59 Å². The molecule has 13 heteroatoms. The van der Waals surface area contributed by atoms with Crippen molar-refractivity contribution in [3.8, 4) is 0 Å². The summed E-state index contributed by atoms with van der Waals surface area (Å²) in [6.45, 7) is 11.2. The van der Waals surface area contributed by atoms with Crippen LogP contribution in [0.1, 0.15) is 52.7 Å². The Hall–Kier alpha value is -3.23. The summed E-state index contributed by atoms with van der Waals surface area (Å²) >= 11 is 0. The highest BCUT2D eigenvalue weighted by Gasteiger charge is 2.21. The van der Waals surface area contributed by atoms with Crippen molar-refractivity contribution in [1.29, 1.82) is 0 Å². The summed E-state index contributed by atoms with van der Waals surface area (Å²) in [4.78, 5) is 23.4. The third kappa shape index (κ3) is 21.5. The second-order valence-electron chi connectivity index (χ2n) is 11.9. The maximum absolute atomic E-state index is 11.8. The normalized spacial score (nSPS) is 13.1. The number of carbonyl (C=O) groups is 2. The van der Waals surface area contributed by atoms with Crippen LogP contribution in [-0.2, 0) is 46.5 Å². The zero-order valence-corrected chi connectivity index (χ0v) is 27.5. The van der Waals surface area contributed by atoms with Crippen LogP contribution in [-0.4, -0.2) is 81.7 Å². The third-order valence-corrected chi connectivity index (χ3v) is 5.57. The molecule has 2 aromatic rings. The molecule has 0 radical (unpaired) electrons. The van der Waals surface area contributed by atoms with Crippen LogP contribution in [0.5, 0.6) is 0 Å². The van der Waals surface area contributed by atoms with Crippen LogP contribution in [0.2, 0.25) is 0 Å². The summed E-state index contributed by atoms with van der Waals surface area (Å²) in [7, 11) is -3.61. The zero-order valence-electron chi connectivity index (χ0n) is 26.7. The summed E-state index contributed by atoms with van der Waals surface area (Å²) in [5, 5.41) is 14.4. The molecule has 0 bridgehead atoms. The number of carbonyl (C=O) groups excluding carboxylic acids is 2. The third-order valence-electron chi connectivity index (χ3n) is 5.01. The molecule has 0 fully saturated rings. The van der Waals surface area contributed by atoms with Crippen LogP contribution in [0.3, 0.4) is 0 Å². The van der Waals surface area contributed by atoms with Crippen LogP contribution < -0.4 is 10.6 Å². The summed E-state index contributed by atoms with van der Waals surface area (Å²) in [5.74, 6) is 0. The van der Waals surface area contributed by atoms with Crippen molar-refractivity contribution >= 4 is 22.3 Å². The fraction of sp³-hybridized carbons (Fsp3) is 0.548. The Kier molecular flexibility index (Phi) is 16.9. The first-order valence-corrected chi connectivity index (χ1v) is 15.9. The topological polar surface area (TPSA) is 159 Å². The smallest absolute Gasteiger partial charge is 0.408 e. The number of alkyl carbamates (subject to hydrolysis) is 2. The largest absolute Gasteiger partial charge is 0.444 e. The van der Waals surface area contributed by atoms with Crippen LogP contribution in [0.25, 0.3) is 0 Å². The maximum Gasteiger partial charge on any atom is 0.408 e. The fourth-order valence-corrected chi connectivity index (χ4v) is 3.62. The van der Waals surface area contributed by atoms with E-state index in [2.05, 4.69) is 10.6 Å². The van der Waals surface area contributed by atoms with Gasteiger partial charge in [0.2, 0.25) is 0 Å². The van der Waals surface area contributed by atoms with Gasteiger partial charge in [-0.2, -0.15) is 8.42 Å². The first-order valence-electron chi connectivity index (χ1n) is 14.1. The first kappa shape index (κ1) is 38.8. The van der Waals surface area contributed by atoms with Gasteiger partial charge in [0.05, 0.1) is 58.0 Å². The van der Waals surface area contributed by atoms with E-state index < -0.39 is 45.6 Å². The molecular formula is C31H48N2O10S. The lowest BCUT2D eigenvalue weighted by atomic mass is 10.2. The molecule has 12 nitrogen and oxygen atoms in total. The van der Waals surface area contributed by atoms with E-state index in [1.165, 1.54) is 0 Å². The average Bonchev–Trinajstić information content (AvgIpc) is 2.90. The molecule has 2 rings (SSSR count). The number of rotatable bonds is 14. The molecule has 0 saturated heterocycles. The van der Waals surface area contributed by atoms with Gasteiger partial charge in [0.15, 0.2) is 0 Å². The molecule has 0 aliphatic heterocycles. The SMILES string of the molecule is CC(C)(C)OC(=O)N[C@H](CO)COCc1ccccc1.CC(C)(C)OC(=O)N[C@H](COCc1ccccc1)COS(C)(=O)=O. The van der Waals surface area contributed by atoms with Gasteiger partial charge in [0, 0.05) is 0 Å². The lowest BCUT2D eigenvalue weighted by molar-refractivity contribution is 0.0365. The molecular weight excluding hydrogens is 592 g/mol. The highest BCUT2D eigenvalue weighted by Crippen LogP contribution is 2.09. The minimum Gasteiger partial charge on any atom is -0.444 e. The Balaban J connectivity index is 0.000000447. The van der Waals surface area contributed by atoms with Crippen molar-refractivity contribution < 1.29 is 46.2 Å². The Bertz CT molecular complexity index is 1200. The molecule has 0 heterocycles. The van der Waals surface area contributed by atoms with Crippen molar-refractivity contribution in [3.63, 3.8) is 0 Å². The summed E-state index contributed by atoms with van der Waals surface area (Å²) in [6, 6.07) is 18.1. The van der Waals surface area contributed by atoms with Gasteiger partial charge in [-0.1, -0.05) is 60.7 Å². The van der Waals surface area contributed by atoms with Gasteiger partial charge in [0.25, 0.3) is 10.1 Å². The average molecular weight is 641 g/mol. The van der Waals surface area contributed by atoms with E-state index in [0.29, 0.717) is 13.2 Å². The maximum atomic E-state index is 11.8. The molecule has 2 atom stereocenters. The molecule has 248 valence electrons. The predicted molar refractivity (Wildman–Crippen MR) is 166 cm³/mol. The molecule has 0 aliphatic carbocycles. The summed E-state index contributed by atoms with van der Waals surface area (Å²) < 4.78 is 48.3. The Morgan fingerprint density at radius 1 is 0.705 bits per heavy atom. The highest BCUT2D eigenvalue weighted by atomic mass is 32.2. The van der Waals surface area contributed by atoms with Gasteiger partial charge in [-0.15, -0.1) is 0 Å². The van der Waals surface area contributed by atoms with E-state index in [-0.39, 0.29) is 26.4 Å². The van der Waals surface area contributed by atoms with E-state index >= 15 is 0 Å². The van der Waals surface area contributed by atoms with Crippen LogP contribution >= 0.6 is 0 Å². The highest BCUT2D eigenvalue weighted by molar-refractivity contribution is 7.85. The van der Waals surface area contributed by atoms with Gasteiger partial charge in [0.1, 0.15) is 11.2 Å². The van der Waals surface area contributed by atoms with Gasteiger partial charge in [-0.05, 0) is 52.7 Å². The van der Waals surface area contributed by atoms with Crippen molar-refractivity contribution in [1.82, 2.24) is 10.6 Å². The second-order valence-corrected chi connectivity index (χ2v) is 13.5. The Morgan fingerprint density at radius 2 is 1.09 bits per heavy atom. The molecule has 44 heavy (non-hydrogen) atoms. The Morgan fingerprint density at radius 3 is 1.45 bits per heavy atom. The van der Waals surface area contributed by atoms with Crippen LogP contribution in [0.15, 0.2) is 60.7 Å². The second kappa shape index (κ2) is 19.2. The number of ether oxygens (including phenoxy) is 4. The number of amides is 2. The standard InChI is InChI=1S/C16H25NO6S.C15H23NO4/c1-16(2,3)23-15(18)17-14(12-22-24(4,19)20)11-21-10-13-8-6-5-7-9-13;1-15(2,3)20-14(18)16-13(9-17)11-19-10-12-7-5-4-6-8-12/h5-9,14H,10-12H2,1-4H3,(H,17,18);4-8,13,17H,9-11H2,1-3H3,(H,16,18)/t14-;13-/m11/s1. The van der Waals surface area contributed by atoms with Gasteiger partial charge in [-0.3, -0.25) is 4.18 Å². The van der Waals surface area contributed by atoms with E-state index in [1.807, 2.05) is 60.7 Å². The van der Waals surface area contributed by atoms with Crippen molar-refractivity contribution in [2.45, 2.75) is 78.0 Å². The lowest BCUT2D eigenvalue weighted by Gasteiger charge is -2.23. The predicted octanol–water partition coefficient (Wildman–Crippen LogP) is 4.16. The van der Waals surface area contributed by atoms with Gasteiger partial charge >= 0.3 is 12.2 Å². The number of benzene rings is 2. The van der Waals surface area contributed by atoms with E-state index in [4.69, 9.17) is 23.1 Å². The summed E-state index contributed by atoms with van der Waals surface area (Å²) in [5.41, 5.74) is 0.797. The molecule has 2 amide bonds. The number of nitrogens with one attached hydrogen (secondary N) is 2. The van der Waals surface area contributed by atoms with E-state index in [9.17, 15) is 23.1 Å². The van der Waals surface area contributed by atoms with Crippen molar-refractivity contribution in [2.75, 3.05) is 32.7 Å². The van der Waals surface area contributed by atoms with Crippen molar-refractivity contribution in [3.05, 3.63) is 71.8 Å². The quantitative estimate of drug-likeness (QED) is 0.256. The monoisotopic (exact) mass is 640 g/mol.